The average molecular weight is 586 g/mol. The minimum Gasteiger partial charge on any atom is -0.306 e. The Labute approximate surface area is 247 Å². The highest BCUT2D eigenvalue weighted by Gasteiger charge is 2.28. The van der Waals surface area contributed by atoms with Crippen LogP contribution in [0.15, 0.2) is 89.8 Å². The van der Waals surface area contributed by atoms with Crippen molar-refractivity contribution >= 4 is 21.6 Å². The molecule has 1 heterocycles. The molecule has 6 nitrogen and oxygen atoms in total. The van der Waals surface area contributed by atoms with Gasteiger partial charge in [-0.15, -0.1) is 0 Å². The molecule has 8 heteroatoms. The van der Waals surface area contributed by atoms with Gasteiger partial charge in [0.1, 0.15) is 5.82 Å². The maximum absolute atomic E-state index is 13.9. The second-order valence-electron chi connectivity index (χ2n) is 11.2. The summed E-state index contributed by atoms with van der Waals surface area (Å²) in [5.41, 5.74) is 6.02. The van der Waals surface area contributed by atoms with E-state index >= 15 is 0 Å². The molecule has 3 aromatic carbocycles. The molecule has 0 saturated carbocycles. The summed E-state index contributed by atoms with van der Waals surface area (Å²) in [6, 6.07) is 24.3. The molecule has 0 fully saturated rings. The molecule has 0 saturated heterocycles. The van der Waals surface area contributed by atoms with Crippen molar-refractivity contribution in [3.8, 4) is 0 Å². The average Bonchev–Trinajstić information content (AvgIpc) is 2.96. The number of carbonyl (C=O) groups is 1. The zero-order valence-corrected chi connectivity index (χ0v) is 25.0. The molecule has 1 N–H and O–H groups in total. The summed E-state index contributed by atoms with van der Waals surface area (Å²) < 4.78 is 43.1. The van der Waals surface area contributed by atoms with Crippen molar-refractivity contribution in [2.24, 2.45) is 0 Å². The predicted molar refractivity (Wildman–Crippen MR) is 163 cm³/mol. The molecule has 1 aliphatic carbocycles. The van der Waals surface area contributed by atoms with Gasteiger partial charge in [-0.3, -0.25) is 9.78 Å². The Morgan fingerprint density at radius 3 is 2.52 bits per heavy atom. The number of hydrogen-bond donors (Lipinski definition) is 1. The van der Waals surface area contributed by atoms with Gasteiger partial charge >= 0.3 is 0 Å². The highest BCUT2D eigenvalue weighted by Crippen LogP contribution is 2.35. The molecule has 1 aliphatic rings. The zero-order valence-electron chi connectivity index (χ0n) is 24.2. The summed E-state index contributed by atoms with van der Waals surface area (Å²) in [4.78, 5) is 20.5. The van der Waals surface area contributed by atoms with Crippen LogP contribution in [0, 0.1) is 19.7 Å². The Kier molecular flexibility index (Phi) is 8.85. The van der Waals surface area contributed by atoms with E-state index < -0.39 is 16.1 Å². The maximum atomic E-state index is 13.9. The first-order chi connectivity index (χ1) is 20.1. The lowest BCUT2D eigenvalue weighted by molar-refractivity contribution is -0.119. The van der Waals surface area contributed by atoms with Gasteiger partial charge in [-0.2, -0.15) is 0 Å². The molecule has 0 spiro atoms. The Morgan fingerprint density at radius 1 is 1.02 bits per heavy atom. The first-order valence-corrected chi connectivity index (χ1v) is 15.8. The van der Waals surface area contributed by atoms with Crippen molar-refractivity contribution in [1.29, 1.82) is 0 Å². The number of amides is 1. The number of benzene rings is 3. The molecule has 218 valence electrons. The first-order valence-electron chi connectivity index (χ1n) is 14.3. The fourth-order valence-electron chi connectivity index (χ4n) is 5.57. The molecule has 0 bridgehead atoms. The number of aromatic nitrogens is 1. The smallest absolute Gasteiger partial charge is 0.241 e. The van der Waals surface area contributed by atoms with Crippen LogP contribution < -0.4 is 9.62 Å². The summed E-state index contributed by atoms with van der Waals surface area (Å²) in [6.07, 6.45) is 2.58. The van der Waals surface area contributed by atoms with Crippen LogP contribution in [0.25, 0.3) is 0 Å². The molecule has 1 aromatic heterocycles. The highest BCUT2D eigenvalue weighted by atomic mass is 32.2. The lowest BCUT2D eigenvalue weighted by Gasteiger charge is -2.30. The van der Waals surface area contributed by atoms with Crippen molar-refractivity contribution < 1.29 is 17.6 Å². The number of fused-ring (bicyclic) bond motifs is 1. The molecule has 5 rings (SSSR count). The van der Waals surface area contributed by atoms with Crippen LogP contribution in [0.2, 0.25) is 0 Å². The summed E-state index contributed by atoms with van der Waals surface area (Å²) >= 11 is 0. The van der Waals surface area contributed by atoms with Crippen molar-refractivity contribution in [1.82, 2.24) is 9.71 Å². The monoisotopic (exact) mass is 585 g/mol. The second kappa shape index (κ2) is 12.5. The van der Waals surface area contributed by atoms with Crippen LogP contribution in [0.4, 0.5) is 10.1 Å². The van der Waals surface area contributed by atoms with Crippen molar-refractivity contribution in [3.63, 3.8) is 0 Å². The van der Waals surface area contributed by atoms with Gasteiger partial charge in [0.15, 0.2) is 0 Å². The predicted octanol–water partition coefficient (Wildman–Crippen LogP) is 6.92. The Morgan fingerprint density at radius 2 is 1.79 bits per heavy atom. The lowest BCUT2D eigenvalue weighted by atomic mass is 9.87. The van der Waals surface area contributed by atoms with E-state index in [1.54, 1.807) is 35.2 Å². The number of sulfonamides is 1. The summed E-state index contributed by atoms with van der Waals surface area (Å²) in [5.74, 6) is -0.536. The normalized spacial score (nSPS) is 15.6. The van der Waals surface area contributed by atoms with Crippen LogP contribution in [0.3, 0.4) is 0 Å². The van der Waals surface area contributed by atoms with E-state index in [2.05, 4.69) is 9.71 Å². The largest absolute Gasteiger partial charge is 0.306 e. The van der Waals surface area contributed by atoms with Crippen LogP contribution in [-0.2, 0) is 27.8 Å². The van der Waals surface area contributed by atoms with E-state index in [4.69, 9.17) is 0 Å². The topological polar surface area (TPSA) is 79.4 Å². The third-order valence-electron chi connectivity index (χ3n) is 7.84. The molecule has 1 amide bonds. The van der Waals surface area contributed by atoms with Gasteiger partial charge < -0.3 is 4.90 Å². The molecule has 42 heavy (non-hydrogen) atoms. The van der Waals surface area contributed by atoms with Gasteiger partial charge in [-0.05, 0) is 110 Å². The molecular formula is C34H36FN3O3S. The van der Waals surface area contributed by atoms with Crippen LogP contribution in [0.1, 0.15) is 71.8 Å². The van der Waals surface area contributed by atoms with Gasteiger partial charge in [-0.25, -0.2) is 17.5 Å². The number of hydrogen-bond acceptors (Lipinski definition) is 4. The van der Waals surface area contributed by atoms with Gasteiger partial charge in [0.25, 0.3) is 0 Å². The van der Waals surface area contributed by atoms with Crippen LogP contribution in [0.5, 0.6) is 0 Å². The lowest BCUT2D eigenvalue weighted by Crippen LogP contribution is -2.33. The Bertz CT molecular complexity index is 1690. The number of nitrogens with zero attached hydrogens (tertiary/aromatic N) is 2. The van der Waals surface area contributed by atoms with E-state index in [1.807, 2.05) is 63.2 Å². The van der Waals surface area contributed by atoms with Gasteiger partial charge in [0.2, 0.25) is 15.9 Å². The Hall–Kier alpha value is -3.88. The van der Waals surface area contributed by atoms with E-state index in [9.17, 15) is 17.6 Å². The van der Waals surface area contributed by atoms with Crippen molar-refractivity contribution in [2.75, 3.05) is 4.90 Å². The third kappa shape index (κ3) is 6.94. The molecular weight excluding hydrogens is 549 g/mol. The standard InChI is InChI=1S/C34H36FN3O3S/c1-23-7-4-11-31(19-23)42(40,41)37-33-12-6-9-27-15-18-30(21-32(27)33)38(22-29-10-5-8-25(3)36-29)34(39)20-24(2)26-13-16-28(35)17-14-26/h4-5,7-8,10-11,13-19,21,24,33,37H,6,9,12,20,22H2,1-3H3/t24-,33-/m0/s1. The number of carbonyl (C=O) groups excluding carboxylic acids is 1. The highest BCUT2D eigenvalue weighted by molar-refractivity contribution is 7.89. The number of pyridine rings is 1. The number of aryl methyl sites for hydroxylation is 3. The van der Waals surface area contributed by atoms with E-state index in [0.29, 0.717) is 12.1 Å². The summed E-state index contributed by atoms with van der Waals surface area (Å²) in [5, 5.41) is 0. The quantitative estimate of drug-likeness (QED) is 0.231. The molecule has 0 aliphatic heterocycles. The fourth-order valence-corrected chi connectivity index (χ4v) is 6.92. The molecule has 2 atom stereocenters. The van der Waals surface area contributed by atoms with Gasteiger partial charge in [0.05, 0.1) is 17.1 Å². The van der Waals surface area contributed by atoms with Gasteiger partial charge in [-0.1, -0.05) is 43.3 Å². The summed E-state index contributed by atoms with van der Waals surface area (Å²) in [6.45, 7) is 6.01. The van der Waals surface area contributed by atoms with Crippen LogP contribution in [-0.4, -0.2) is 19.3 Å². The number of rotatable bonds is 9. The zero-order chi connectivity index (χ0) is 29.9. The van der Waals surface area contributed by atoms with E-state index in [1.165, 1.54) is 12.1 Å². The molecule has 4 aromatic rings. The van der Waals surface area contributed by atoms with Crippen molar-refractivity contribution in [3.05, 3.63) is 124 Å². The molecule has 0 unspecified atom stereocenters. The van der Waals surface area contributed by atoms with E-state index in [-0.39, 0.29) is 35.5 Å². The van der Waals surface area contributed by atoms with Gasteiger partial charge in [0, 0.05) is 23.8 Å². The third-order valence-corrected chi connectivity index (χ3v) is 9.31. The number of nitrogens with one attached hydrogen (secondary N) is 1. The first kappa shape index (κ1) is 29.6. The van der Waals surface area contributed by atoms with E-state index in [0.717, 1.165) is 46.5 Å². The molecule has 0 radical (unpaired) electrons. The maximum Gasteiger partial charge on any atom is 0.241 e. The number of anilines is 1. The minimum atomic E-state index is -3.74. The SMILES string of the molecule is Cc1cccc(S(=O)(=O)N[C@H]2CCCc3ccc(N(Cc4cccc(C)n4)C(=O)C[C@H](C)c4ccc(F)cc4)cc32)c1. The summed E-state index contributed by atoms with van der Waals surface area (Å²) in [7, 11) is -3.74. The fraction of sp³-hybridized carbons (Fsp3) is 0.294. The Balaban J connectivity index is 1.47. The number of halogens is 1. The van der Waals surface area contributed by atoms with Crippen molar-refractivity contribution in [2.45, 2.75) is 69.9 Å². The second-order valence-corrected chi connectivity index (χ2v) is 12.9. The minimum absolute atomic E-state index is 0.0946. The van der Waals surface area contributed by atoms with Crippen LogP contribution >= 0.6 is 0 Å².